The van der Waals surface area contributed by atoms with Gasteiger partial charge in [0.1, 0.15) is 0 Å². The van der Waals surface area contributed by atoms with E-state index in [4.69, 9.17) is 9.47 Å². The van der Waals surface area contributed by atoms with Crippen molar-refractivity contribution in [3.8, 4) is 0 Å². The van der Waals surface area contributed by atoms with Gasteiger partial charge in [0.25, 0.3) is 0 Å². The molecule has 0 unspecified atom stereocenters. The fourth-order valence-electron chi connectivity index (χ4n) is 3.44. The van der Waals surface area contributed by atoms with Crippen molar-refractivity contribution >= 4 is 10.0 Å². The van der Waals surface area contributed by atoms with Gasteiger partial charge in [-0.25, -0.2) is 12.7 Å². The van der Waals surface area contributed by atoms with Crippen molar-refractivity contribution in [2.75, 3.05) is 26.3 Å². The Bertz CT molecular complexity index is 400. The van der Waals surface area contributed by atoms with Gasteiger partial charge in [-0.2, -0.15) is 0 Å². The number of rotatable bonds is 2. The zero-order valence-electron chi connectivity index (χ0n) is 11.3. The Labute approximate surface area is 115 Å². The molecule has 6 heteroatoms. The van der Waals surface area contributed by atoms with E-state index in [1.54, 1.807) is 4.31 Å². The van der Waals surface area contributed by atoms with Crippen LogP contribution in [0.15, 0.2) is 0 Å². The van der Waals surface area contributed by atoms with Crippen molar-refractivity contribution in [2.24, 2.45) is 0 Å². The molecule has 2 aliphatic heterocycles. The summed E-state index contributed by atoms with van der Waals surface area (Å²) in [7, 11) is -3.11. The standard InChI is InChI=1S/C13H23NO4S/c15-19(16,12-4-2-1-3-5-12)14-8-6-13(7-9-14)17-10-11-18-13/h12H,1-11H2. The molecular weight excluding hydrogens is 266 g/mol. The molecule has 2 saturated heterocycles. The second-order valence-corrected chi connectivity index (χ2v) is 8.02. The van der Waals surface area contributed by atoms with Crippen LogP contribution >= 0.6 is 0 Å². The lowest BCUT2D eigenvalue weighted by Crippen LogP contribution is -2.49. The lowest BCUT2D eigenvalue weighted by Gasteiger charge is -2.38. The van der Waals surface area contributed by atoms with Crippen molar-refractivity contribution in [3.63, 3.8) is 0 Å². The summed E-state index contributed by atoms with van der Waals surface area (Å²) in [6.07, 6.45) is 6.27. The summed E-state index contributed by atoms with van der Waals surface area (Å²) in [6, 6.07) is 0. The summed E-state index contributed by atoms with van der Waals surface area (Å²) in [5.41, 5.74) is 0. The first-order valence-corrected chi connectivity index (χ1v) is 8.90. The van der Waals surface area contributed by atoms with Crippen molar-refractivity contribution in [2.45, 2.75) is 56.0 Å². The largest absolute Gasteiger partial charge is 0.347 e. The first kappa shape index (κ1) is 13.8. The van der Waals surface area contributed by atoms with Crippen LogP contribution in [0.1, 0.15) is 44.9 Å². The van der Waals surface area contributed by atoms with Crippen LogP contribution in [0, 0.1) is 0 Å². The molecule has 110 valence electrons. The smallest absolute Gasteiger partial charge is 0.216 e. The number of ether oxygens (including phenoxy) is 2. The molecule has 0 atom stereocenters. The Kier molecular flexibility index (Phi) is 3.86. The van der Waals surface area contributed by atoms with Crippen LogP contribution in [-0.4, -0.2) is 50.1 Å². The zero-order chi connectivity index (χ0) is 13.3. The maximum absolute atomic E-state index is 12.6. The molecule has 3 aliphatic rings. The van der Waals surface area contributed by atoms with Gasteiger partial charge >= 0.3 is 0 Å². The van der Waals surface area contributed by atoms with Crippen LogP contribution in [-0.2, 0) is 19.5 Å². The normalized spacial score (nSPS) is 29.9. The second-order valence-electron chi connectivity index (χ2n) is 5.81. The SMILES string of the molecule is O=S(=O)(C1CCCCC1)N1CCC2(CC1)OCCO2. The van der Waals surface area contributed by atoms with E-state index >= 15 is 0 Å². The highest BCUT2D eigenvalue weighted by atomic mass is 32.2. The van der Waals surface area contributed by atoms with Gasteiger partial charge in [-0.15, -0.1) is 0 Å². The molecule has 0 aromatic heterocycles. The van der Waals surface area contributed by atoms with Crippen LogP contribution in [0.3, 0.4) is 0 Å². The number of sulfonamides is 1. The molecule has 1 spiro atoms. The lowest BCUT2D eigenvalue weighted by molar-refractivity contribution is -0.179. The van der Waals surface area contributed by atoms with E-state index < -0.39 is 15.8 Å². The Morgan fingerprint density at radius 2 is 1.53 bits per heavy atom. The van der Waals surface area contributed by atoms with Crippen LogP contribution in [0.4, 0.5) is 0 Å². The number of hydrogen-bond acceptors (Lipinski definition) is 4. The highest BCUT2D eigenvalue weighted by Crippen LogP contribution is 2.34. The molecular formula is C13H23NO4S. The number of piperidine rings is 1. The highest BCUT2D eigenvalue weighted by Gasteiger charge is 2.44. The molecule has 2 heterocycles. The summed E-state index contributed by atoms with van der Waals surface area (Å²) >= 11 is 0. The van der Waals surface area contributed by atoms with E-state index in [1.165, 1.54) is 6.42 Å². The average Bonchev–Trinajstić information content (AvgIpc) is 2.89. The Balaban J connectivity index is 1.63. The van der Waals surface area contributed by atoms with Crippen molar-refractivity contribution in [3.05, 3.63) is 0 Å². The average molecular weight is 289 g/mol. The topological polar surface area (TPSA) is 55.8 Å². The number of nitrogens with zero attached hydrogens (tertiary/aromatic N) is 1. The predicted octanol–water partition coefficient (Wildman–Crippen LogP) is 1.49. The Hall–Kier alpha value is -0.170. The molecule has 5 nitrogen and oxygen atoms in total. The predicted molar refractivity (Wildman–Crippen MR) is 71.2 cm³/mol. The van der Waals surface area contributed by atoms with E-state index in [0.29, 0.717) is 39.1 Å². The summed E-state index contributed by atoms with van der Waals surface area (Å²) in [5.74, 6) is -0.488. The second kappa shape index (κ2) is 5.31. The van der Waals surface area contributed by atoms with Gasteiger partial charge in [-0.1, -0.05) is 19.3 Å². The van der Waals surface area contributed by atoms with Crippen molar-refractivity contribution in [1.29, 1.82) is 0 Å². The molecule has 0 aromatic carbocycles. The summed E-state index contributed by atoms with van der Waals surface area (Å²) in [4.78, 5) is 0. The first-order valence-electron chi connectivity index (χ1n) is 7.39. The minimum atomic E-state index is -3.11. The molecule has 0 aromatic rings. The van der Waals surface area contributed by atoms with Crippen LogP contribution in [0.5, 0.6) is 0 Å². The molecule has 1 aliphatic carbocycles. The molecule has 3 rings (SSSR count). The van der Waals surface area contributed by atoms with E-state index in [9.17, 15) is 8.42 Å². The number of hydrogen-bond donors (Lipinski definition) is 0. The van der Waals surface area contributed by atoms with E-state index in [1.807, 2.05) is 0 Å². The van der Waals surface area contributed by atoms with E-state index in [-0.39, 0.29) is 5.25 Å². The maximum Gasteiger partial charge on any atom is 0.216 e. The fraction of sp³-hybridized carbons (Fsp3) is 1.00. The molecule has 1 saturated carbocycles. The minimum absolute atomic E-state index is 0.152. The van der Waals surface area contributed by atoms with Crippen LogP contribution in [0.2, 0.25) is 0 Å². The van der Waals surface area contributed by atoms with Crippen molar-refractivity contribution in [1.82, 2.24) is 4.31 Å². The summed E-state index contributed by atoms with van der Waals surface area (Å²) in [6.45, 7) is 2.35. The van der Waals surface area contributed by atoms with Gasteiger partial charge in [-0.05, 0) is 12.8 Å². The third kappa shape index (κ3) is 2.68. The molecule has 0 bridgehead atoms. The van der Waals surface area contributed by atoms with E-state index in [2.05, 4.69) is 0 Å². The Morgan fingerprint density at radius 1 is 0.947 bits per heavy atom. The van der Waals surface area contributed by atoms with Gasteiger partial charge in [0, 0.05) is 25.9 Å². The monoisotopic (exact) mass is 289 g/mol. The Morgan fingerprint density at radius 3 is 2.11 bits per heavy atom. The first-order chi connectivity index (χ1) is 9.12. The highest BCUT2D eigenvalue weighted by molar-refractivity contribution is 7.89. The fourth-order valence-corrected chi connectivity index (χ4v) is 5.48. The molecule has 19 heavy (non-hydrogen) atoms. The van der Waals surface area contributed by atoms with Gasteiger partial charge in [-0.3, -0.25) is 0 Å². The quantitative estimate of drug-likeness (QED) is 0.773. The van der Waals surface area contributed by atoms with Gasteiger partial charge in [0.15, 0.2) is 5.79 Å². The van der Waals surface area contributed by atoms with Gasteiger partial charge < -0.3 is 9.47 Å². The van der Waals surface area contributed by atoms with E-state index in [0.717, 1.165) is 25.7 Å². The summed E-state index contributed by atoms with van der Waals surface area (Å²) in [5, 5.41) is -0.152. The zero-order valence-corrected chi connectivity index (χ0v) is 12.2. The molecule has 3 fully saturated rings. The summed E-state index contributed by atoms with van der Waals surface area (Å²) < 4.78 is 38.1. The van der Waals surface area contributed by atoms with Crippen molar-refractivity contribution < 1.29 is 17.9 Å². The van der Waals surface area contributed by atoms with Gasteiger partial charge in [0.2, 0.25) is 10.0 Å². The molecule has 0 N–H and O–H groups in total. The molecule has 0 radical (unpaired) electrons. The third-order valence-corrected chi connectivity index (χ3v) is 7.03. The minimum Gasteiger partial charge on any atom is -0.347 e. The third-order valence-electron chi connectivity index (χ3n) is 4.63. The van der Waals surface area contributed by atoms with Crippen LogP contribution < -0.4 is 0 Å². The molecule has 0 amide bonds. The van der Waals surface area contributed by atoms with Crippen LogP contribution in [0.25, 0.3) is 0 Å². The van der Waals surface area contributed by atoms with Gasteiger partial charge in [0.05, 0.1) is 18.5 Å². The lowest BCUT2D eigenvalue weighted by atomic mass is 10.0. The maximum atomic E-state index is 12.6.